The van der Waals surface area contributed by atoms with Crippen molar-refractivity contribution >= 4 is 18.8 Å². The van der Waals surface area contributed by atoms with Gasteiger partial charge in [-0.1, -0.05) is 0 Å². The molecule has 118 valence electrons. The van der Waals surface area contributed by atoms with Crippen molar-refractivity contribution in [2.45, 2.75) is 44.7 Å². The molecule has 22 heavy (non-hydrogen) atoms. The maximum atomic E-state index is 12.0. The Morgan fingerprint density at radius 2 is 2.32 bits per heavy atom. The van der Waals surface area contributed by atoms with Crippen molar-refractivity contribution < 1.29 is 24.0 Å². The van der Waals surface area contributed by atoms with Gasteiger partial charge in [-0.15, -0.1) is 0 Å². The number of ketones is 1. The summed E-state index contributed by atoms with van der Waals surface area (Å²) < 4.78 is 5.98. The molecule has 1 aliphatic heterocycles. The summed E-state index contributed by atoms with van der Waals surface area (Å²) in [6, 6.07) is 3.26. The lowest BCUT2D eigenvalue weighted by atomic mass is 9.72. The van der Waals surface area contributed by atoms with Gasteiger partial charge >= 0.3 is 7.12 Å². The molecule has 0 bridgehead atoms. The largest absolute Gasteiger partial charge is 0.619 e. The zero-order valence-electron chi connectivity index (χ0n) is 12.4. The van der Waals surface area contributed by atoms with Crippen LogP contribution in [0, 0.1) is 5.21 Å². The third kappa shape index (κ3) is 4.82. The van der Waals surface area contributed by atoms with Crippen LogP contribution in [0.1, 0.15) is 31.7 Å². The first-order valence-electron chi connectivity index (χ1n) is 7.24. The molecule has 8 heteroatoms. The third-order valence-corrected chi connectivity index (χ3v) is 3.54. The number of carbonyl (C=O) groups excluding carboxylic acids is 2. The Balaban J connectivity index is 1.83. The first kappa shape index (κ1) is 16.4. The standard InChI is InChI=1S/C14H19BN2O5/c1-10(18)7-12-4-5-13(15(20)22-12)16-14(19)8-11-3-2-6-17(21)9-11/h2-3,6,9,12-13,20H,4-5,7-8H2,1H3,(H,16,19)/t12-,13-/m0/s1. The Bertz CT molecular complexity index is 554. The van der Waals surface area contributed by atoms with Gasteiger partial charge in [0.05, 0.1) is 12.4 Å². The smallest absolute Gasteiger partial charge is 0.478 e. The molecule has 1 amide bonds. The van der Waals surface area contributed by atoms with Gasteiger partial charge in [0, 0.05) is 24.2 Å². The molecule has 1 saturated heterocycles. The summed E-state index contributed by atoms with van der Waals surface area (Å²) in [7, 11) is -1.12. The number of aromatic nitrogens is 1. The Kier molecular flexibility index (Phi) is 5.51. The predicted molar refractivity (Wildman–Crippen MR) is 78.4 cm³/mol. The van der Waals surface area contributed by atoms with E-state index in [1.165, 1.54) is 19.3 Å². The van der Waals surface area contributed by atoms with Gasteiger partial charge in [-0.05, 0) is 25.8 Å². The van der Waals surface area contributed by atoms with E-state index < -0.39 is 13.1 Å². The van der Waals surface area contributed by atoms with Crippen LogP contribution in [0.3, 0.4) is 0 Å². The lowest BCUT2D eigenvalue weighted by Crippen LogP contribution is -2.53. The molecule has 2 rings (SSSR count). The minimum absolute atomic E-state index is 0.00896. The monoisotopic (exact) mass is 306 g/mol. The molecule has 2 atom stereocenters. The van der Waals surface area contributed by atoms with Crippen LogP contribution in [-0.2, 0) is 20.7 Å². The second-order valence-corrected chi connectivity index (χ2v) is 5.56. The van der Waals surface area contributed by atoms with Crippen LogP contribution in [0.5, 0.6) is 0 Å². The highest BCUT2D eigenvalue weighted by Crippen LogP contribution is 2.18. The lowest BCUT2D eigenvalue weighted by Gasteiger charge is -2.31. The fourth-order valence-corrected chi connectivity index (χ4v) is 2.53. The number of amides is 1. The van der Waals surface area contributed by atoms with Gasteiger partial charge in [-0.25, -0.2) is 0 Å². The predicted octanol–water partition coefficient (Wildman–Crippen LogP) is -0.475. The van der Waals surface area contributed by atoms with Crippen molar-refractivity contribution in [3.8, 4) is 0 Å². The van der Waals surface area contributed by atoms with E-state index in [4.69, 9.17) is 4.65 Å². The fourth-order valence-electron chi connectivity index (χ4n) is 2.53. The number of hydrogen-bond donors (Lipinski definition) is 2. The van der Waals surface area contributed by atoms with Crippen molar-refractivity contribution in [3.05, 3.63) is 35.3 Å². The van der Waals surface area contributed by atoms with E-state index in [9.17, 15) is 19.8 Å². The summed E-state index contributed by atoms with van der Waals surface area (Å²) >= 11 is 0. The molecule has 1 fully saturated rings. The molecule has 7 nitrogen and oxygen atoms in total. The topological polar surface area (TPSA) is 103 Å². The number of carbonyl (C=O) groups is 2. The highest BCUT2D eigenvalue weighted by Gasteiger charge is 2.36. The van der Waals surface area contributed by atoms with Crippen LogP contribution >= 0.6 is 0 Å². The van der Waals surface area contributed by atoms with Gasteiger partial charge in [0.2, 0.25) is 5.91 Å². The molecule has 0 unspecified atom stereocenters. The summed E-state index contributed by atoms with van der Waals surface area (Å²) in [4.78, 5) is 23.0. The van der Waals surface area contributed by atoms with Gasteiger partial charge in [0.25, 0.3) is 0 Å². The average Bonchev–Trinajstić information content (AvgIpc) is 2.41. The average molecular weight is 306 g/mol. The minimum Gasteiger partial charge on any atom is -0.619 e. The molecular formula is C14H19BN2O5. The fraction of sp³-hybridized carbons (Fsp3) is 0.500. The molecule has 1 aromatic heterocycles. The van der Waals surface area contributed by atoms with Crippen LogP contribution in [0.15, 0.2) is 24.5 Å². The third-order valence-electron chi connectivity index (χ3n) is 3.54. The highest BCUT2D eigenvalue weighted by molar-refractivity contribution is 6.45. The first-order chi connectivity index (χ1) is 10.4. The number of pyridine rings is 1. The van der Waals surface area contributed by atoms with E-state index in [0.29, 0.717) is 23.1 Å². The van der Waals surface area contributed by atoms with Gasteiger partial charge in [-0.3, -0.25) is 9.59 Å². The zero-order valence-corrected chi connectivity index (χ0v) is 12.4. The molecule has 2 heterocycles. The summed E-state index contributed by atoms with van der Waals surface area (Å²) in [6.07, 6.45) is 3.85. The first-order valence-corrected chi connectivity index (χ1v) is 7.24. The van der Waals surface area contributed by atoms with Crippen LogP contribution in [0.4, 0.5) is 0 Å². The molecule has 0 saturated carbocycles. The van der Waals surface area contributed by atoms with Gasteiger partial charge in [0.15, 0.2) is 12.4 Å². The van der Waals surface area contributed by atoms with Crippen LogP contribution < -0.4 is 10.0 Å². The minimum atomic E-state index is -1.12. The maximum Gasteiger partial charge on any atom is 0.478 e. The summed E-state index contributed by atoms with van der Waals surface area (Å²) in [5.74, 6) is -0.780. The molecular weight excluding hydrogens is 287 g/mol. The summed E-state index contributed by atoms with van der Waals surface area (Å²) in [6.45, 7) is 1.48. The van der Waals surface area contributed by atoms with Crippen LogP contribution in [0.25, 0.3) is 0 Å². The van der Waals surface area contributed by atoms with Gasteiger partial charge in [0.1, 0.15) is 5.78 Å². The Hall–Kier alpha value is -1.93. The molecule has 1 aliphatic rings. The van der Waals surface area contributed by atoms with Gasteiger partial charge in [-0.2, -0.15) is 4.73 Å². The van der Waals surface area contributed by atoms with Crippen LogP contribution in [0.2, 0.25) is 0 Å². The number of hydrogen-bond acceptors (Lipinski definition) is 5. The molecule has 0 radical (unpaired) electrons. The second-order valence-electron chi connectivity index (χ2n) is 5.56. The van der Waals surface area contributed by atoms with E-state index >= 15 is 0 Å². The Labute approximate surface area is 129 Å². The Morgan fingerprint density at radius 3 is 2.95 bits per heavy atom. The number of nitrogens with one attached hydrogen (secondary N) is 1. The van der Waals surface area contributed by atoms with Crippen molar-refractivity contribution in [1.82, 2.24) is 5.32 Å². The van der Waals surface area contributed by atoms with Crippen LogP contribution in [-0.4, -0.2) is 35.9 Å². The second kappa shape index (κ2) is 7.37. The molecule has 0 spiro atoms. The number of nitrogens with zero attached hydrogens (tertiary/aromatic N) is 1. The van der Waals surface area contributed by atoms with Gasteiger partial charge < -0.3 is 20.2 Å². The number of rotatable bonds is 5. The van der Waals surface area contributed by atoms with Crippen molar-refractivity contribution in [1.29, 1.82) is 0 Å². The van der Waals surface area contributed by atoms with Crippen molar-refractivity contribution in [2.24, 2.45) is 0 Å². The normalized spacial score (nSPS) is 21.5. The van der Waals surface area contributed by atoms with Crippen molar-refractivity contribution in [3.63, 3.8) is 0 Å². The van der Waals surface area contributed by atoms with E-state index in [1.807, 2.05) is 0 Å². The molecule has 2 N–H and O–H groups in total. The quantitative estimate of drug-likeness (QED) is 0.435. The molecule has 0 aromatic carbocycles. The molecule has 1 aromatic rings. The SMILES string of the molecule is CC(=O)C[C@@H]1CC[C@H](NC(=O)Cc2ccc[n+]([O-])c2)B(O)O1. The lowest BCUT2D eigenvalue weighted by molar-refractivity contribution is -0.605. The molecule has 0 aliphatic carbocycles. The summed E-state index contributed by atoms with van der Waals surface area (Å²) in [5, 5.41) is 23.7. The zero-order chi connectivity index (χ0) is 16.1. The van der Waals surface area contributed by atoms with E-state index in [2.05, 4.69) is 5.32 Å². The maximum absolute atomic E-state index is 12.0. The van der Waals surface area contributed by atoms with Crippen molar-refractivity contribution in [2.75, 3.05) is 0 Å². The summed E-state index contributed by atoms with van der Waals surface area (Å²) in [5.41, 5.74) is 0.593. The van der Waals surface area contributed by atoms with E-state index in [1.54, 1.807) is 12.1 Å². The number of Topliss-reactive ketones (excluding diaryl/α,β-unsaturated/α-hetero) is 1. The van der Waals surface area contributed by atoms with E-state index in [0.717, 1.165) is 0 Å². The highest BCUT2D eigenvalue weighted by atomic mass is 16.5. The Morgan fingerprint density at radius 1 is 1.55 bits per heavy atom. The van der Waals surface area contributed by atoms with E-state index in [-0.39, 0.29) is 30.6 Å².